The van der Waals surface area contributed by atoms with Gasteiger partial charge in [-0.3, -0.25) is 0 Å². The van der Waals surface area contributed by atoms with E-state index in [1.54, 1.807) is 20.8 Å². The maximum atomic E-state index is 12.3. The molecule has 0 bridgehead atoms. The van der Waals surface area contributed by atoms with Crippen LogP contribution in [0.25, 0.3) is 11.5 Å². The Bertz CT molecular complexity index is 956. The molecule has 0 atom stereocenters. The van der Waals surface area contributed by atoms with Crippen molar-refractivity contribution in [3.05, 3.63) is 53.2 Å². The van der Waals surface area contributed by atoms with Gasteiger partial charge < -0.3 is 8.94 Å². The van der Waals surface area contributed by atoms with E-state index in [-0.39, 0.29) is 11.4 Å². The third kappa shape index (κ3) is 3.39. The summed E-state index contributed by atoms with van der Waals surface area (Å²) >= 11 is 0. The fourth-order valence-electron chi connectivity index (χ4n) is 2.31. The number of aryl methyl sites for hydroxylation is 3. The van der Waals surface area contributed by atoms with E-state index in [4.69, 9.17) is 8.94 Å². The van der Waals surface area contributed by atoms with E-state index >= 15 is 0 Å². The van der Waals surface area contributed by atoms with E-state index < -0.39 is 10.0 Å². The molecule has 126 valence electrons. The molecule has 0 radical (unpaired) electrons. The highest BCUT2D eigenvalue weighted by molar-refractivity contribution is 7.89. The first kappa shape index (κ1) is 16.4. The summed E-state index contributed by atoms with van der Waals surface area (Å²) in [5, 5.41) is 3.74. The van der Waals surface area contributed by atoms with E-state index in [9.17, 15) is 8.42 Å². The average Bonchev–Trinajstić information content (AvgIpc) is 3.12. The van der Waals surface area contributed by atoms with Gasteiger partial charge in [0.05, 0.1) is 0 Å². The van der Waals surface area contributed by atoms with Crippen LogP contribution in [0.15, 0.2) is 44.2 Å². The van der Waals surface area contributed by atoms with Gasteiger partial charge in [-0.05, 0) is 44.5 Å². The third-order valence-electron chi connectivity index (χ3n) is 3.48. The van der Waals surface area contributed by atoms with Crippen LogP contribution in [0.5, 0.6) is 0 Å². The molecule has 0 saturated carbocycles. The van der Waals surface area contributed by atoms with E-state index in [1.807, 2.05) is 24.3 Å². The van der Waals surface area contributed by atoms with Crippen LogP contribution in [0.4, 0.5) is 0 Å². The minimum atomic E-state index is -3.61. The third-order valence-corrected chi connectivity index (χ3v) is 4.99. The van der Waals surface area contributed by atoms with Crippen molar-refractivity contribution in [2.45, 2.75) is 32.2 Å². The van der Waals surface area contributed by atoms with E-state index in [1.165, 1.54) is 6.07 Å². The number of furan rings is 1. The van der Waals surface area contributed by atoms with Crippen molar-refractivity contribution >= 4 is 10.0 Å². The monoisotopic (exact) mass is 347 g/mol. The van der Waals surface area contributed by atoms with Crippen molar-refractivity contribution in [1.29, 1.82) is 0 Å². The highest BCUT2D eigenvalue weighted by Crippen LogP contribution is 2.20. The van der Waals surface area contributed by atoms with Gasteiger partial charge in [0.1, 0.15) is 16.4 Å². The largest absolute Gasteiger partial charge is 0.465 e. The first-order chi connectivity index (χ1) is 11.3. The lowest BCUT2D eigenvalue weighted by atomic mass is 10.1. The molecule has 1 aromatic carbocycles. The zero-order valence-electron chi connectivity index (χ0n) is 13.5. The Morgan fingerprint density at radius 1 is 1.12 bits per heavy atom. The van der Waals surface area contributed by atoms with Gasteiger partial charge in [0.15, 0.2) is 5.82 Å². The van der Waals surface area contributed by atoms with E-state index in [2.05, 4.69) is 14.9 Å². The Balaban J connectivity index is 1.71. The summed E-state index contributed by atoms with van der Waals surface area (Å²) in [6, 6.07) is 8.75. The molecule has 0 saturated heterocycles. The number of nitrogens with zero attached hydrogens (tertiary/aromatic N) is 2. The molecule has 0 amide bonds. The summed E-state index contributed by atoms with van der Waals surface area (Å²) in [5.74, 6) is 1.94. The Morgan fingerprint density at radius 3 is 2.38 bits per heavy atom. The SMILES string of the molecule is Cc1noc(-c2ccc(CNS(=O)(=O)c3cc(C)oc3C)cc2)n1. The van der Waals surface area contributed by atoms with Crippen LogP contribution in [-0.2, 0) is 16.6 Å². The molecule has 0 unspecified atom stereocenters. The molecule has 2 aromatic heterocycles. The molecule has 0 aliphatic rings. The normalized spacial score (nSPS) is 11.8. The Morgan fingerprint density at radius 2 is 1.83 bits per heavy atom. The highest BCUT2D eigenvalue weighted by Gasteiger charge is 2.20. The summed E-state index contributed by atoms with van der Waals surface area (Å²) in [6.45, 7) is 5.26. The van der Waals surface area contributed by atoms with Gasteiger partial charge in [-0.2, -0.15) is 4.98 Å². The van der Waals surface area contributed by atoms with E-state index in [0.717, 1.165) is 11.1 Å². The molecule has 0 aliphatic heterocycles. The number of aromatic nitrogens is 2. The predicted octanol–water partition coefficient (Wildman–Crippen LogP) is 2.73. The average molecular weight is 347 g/mol. The smallest absolute Gasteiger partial charge is 0.257 e. The first-order valence-corrected chi connectivity index (χ1v) is 8.80. The van der Waals surface area contributed by atoms with E-state index in [0.29, 0.717) is 23.2 Å². The van der Waals surface area contributed by atoms with Crippen LogP contribution in [0.2, 0.25) is 0 Å². The molecular formula is C16H17N3O4S. The summed E-state index contributed by atoms with van der Waals surface area (Å²) in [4.78, 5) is 4.31. The Labute approximate surface area is 139 Å². The van der Waals surface area contributed by atoms with Crippen molar-refractivity contribution in [2.75, 3.05) is 0 Å². The van der Waals surface area contributed by atoms with Crippen LogP contribution in [-0.4, -0.2) is 18.6 Å². The maximum Gasteiger partial charge on any atom is 0.257 e. The lowest BCUT2D eigenvalue weighted by molar-refractivity contribution is 0.425. The van der Waals surface area contributed by atoms with Crippen molar-refractivity contribution in [3.8, 4) is 11.5 Å². The molecule has 3 aromatic rings. The van der Waals surface area contributed by atoms with Gasteiger partial charge >= 0.3 is 0 Å². The molecule has 24 heavy (non-hydrogen) atoms. The summed E-state index contributed by atoms with van der Waals surface area (Å²) in [5.41, 5.74) is 1.60. The molecular weight excluding hydrogens is 330 g/mol. The second kappa shape index (κ2) is 6.21. The summed E-state index contributed by atoms with van der Waals surface area (Å²) in [6.07, 6.45) is 0. The number of hydrogen-bond donors (Lipinski definition) is 1. The maximum absolute atomic E-state index is 12.3. The number of rotatable bonds is 5. The molecule has 3 rings (SSSR count). The van der Waals surface area contributed by atoms with Crippen molar-refractivity contribution < 1.29 is 17.4 Å². The van der Waals surface area contributed by atoms with Gasteiger partial charge in [0, 0.05) is 12.1 Å². The van der Waals surface area contributed by atoms with Crippen LogP contribution >= 0.6 is 0 Å². The standard InChI is InChI=1S/C16H17N3O4S/c1-10-8-15(11(2)22-10)24(20,21)17-9-13-4-6-14(7-5-13)16-18-12(3)19-23-16/h4-8,17H,9H2,1-3H3. The molecule has 0 aliphatic carbocycles. The van der Waals surface area contributed by atoms with Crippen LogP contribution in [0.3, 0.4) is 0 Å². The minimum absolute atomic E-state index is 0.165. The lowest BCUT2D eigenvalue weighted by Crippen LogP contribution is -2.23. The minimum Gasteiger partial charge on any atom is -0.465 e. The lowest BCUT2D eigenvalue weighted by Gasteiger charge is -2.06. The summed E-state index contributed by atoms with van der Waals surface area (Å²) < 4.78 is 37.6. The quantitative estimate of drug-likeness (QED) is 0.762. The second-order valence-electron chi connectivity index (χ2n) is 5.45. The zero-order valence-corrected chi connectivity index (χ0v) is 14.3. The Kier molecular flexibility index (Phi) is 4.25. The number of benzene rings is 1. The molecule has 8 heteroatoms. The van der Waals surface area contributed by atoms with Crippen LogP contribution in [0.1, 0.15) is 22.9 Å². The molecule has 0 spiro atoms. The fourth-order valence-corrected chi connectivity index (χ4v) is 3.56. The second-order valence-corrected chi connectivity index (χ2v) is 7.18. The summed E-state index contributed by atoms with van der Waals surface area (Å²) in [7, 11) is -3.61. The van der Waals surface area contributed by atoms with Gasteiger partial charge in [0.2, 0.25) is 10.0 Å². The molecule has 2 heterocycles. The predicted molar refractivity (Wildman–Crippen MR) is 86.7 cm³/mol. The van der Waals surface area contributed by atoms with Gasteiger partial charge in [-0.1, -0.05) is 17.3 Å². The molecule has 0 fully saturated rings. The van der Waals surface area contributed by atoms with Crippen molar-refractivity contribution in [2.24, 2.45) is 0 Å². The van der Waals surface area contributed by atoms with Gasteiger partial charge in [-0.15, -0.1) is 0 Å². The van der Waals surface area contributed by atoms with Crippen LogP contribution < -0.4 is 4.72 Å². The van der Waals surface area contributed by atoms with Gasteiger partial charge in [0.25, 0.3) is 5.89 Å². The van der Waals surface area contributed by atoms with Crippen molar-refractivity contribution in [3.63, 3.8) is 0 Å². The fraction of sp³-hybridized carbons (Fsp3) is 0.250. The molecule has 7 nitrogen and oxygen atoms in total. The zero-order chi connectivity index (χ0) is 17.3. The number of hydrogen-bond acceptors (Lipinski definition) is 6. The van der Waals surface area contributed by atoms with Gasteiger partial charge in [-0.25, -0.2) is 13.1 Å². The first-order valence-electron chi connectivity index (χ1n) is 7.31. The van der Waals surface area contributed by atoms with Crippen molar-refractivity contribution in [1.82, 2.24) is 14.9 Å². The number of sulfonamides is 1. The number of nitrogens with one attached hydrogen (secondary N) is 1. The Hall–Kier alpha value is -2.45. The highest BCUT2D eigenvalue weighted by atomic mass is 32.2. The molecule has 1 N–H and O–H groups in total. The van der Waals surface area contributed by atoms with Crippen LogP contribution in [0, 0.1) is 20.8 Å². The topological polar surface area (TPSA) is 98.2 Å².